The number of hydrogen-bond acceptors (Lipinski definition) is 4. The Kier molecular flexibility index (Phi) is 2.92. The van der Waals surface area contributed by atoms with Gasteiger partial charge in [-0.05, 0) is 25.2 Å². The lowest BCUT2D eigenvalue weighted by Gasteiger charge is -2.35. The summed E-state index contributed by atoms with van der Waals surface area (Å²) < 4.78 is 1.91. The summed E-state index contributed by atoms with van der Waals surface area (Å²) in [6.07, 6.45) is 2.96. The van der Waals surface area contributed by atoms with Crippen molar-refractivity contribution in [3.63, 3.8) is 0 Å². The molecule has 5 heteroatoms. The highest BCUT2D eigenvalue weighted by Gasteiger charge is 2.25. The zero-order valence-electron chi connectivity index (χ0n) is 12.1. The van der Waals surface area contributed by atoms with Crippen LogP contribution in [0.1, 0.15) is 26.0 Å². The molecule has 0 saturated carbocycles. The summed E-state index contributed by atoms with van der Waals surface area (Å²) in [7, 11) is 1.97. The molecule has 102 valence electrons. The highest BCUT2D eigenvalue weighted by atomic mass is 15.3. The molecule has 19 heavy (non-hydrogen) atoms. The molecular formula is C14H21N5. The number of fused-ring (bicyclic) bond motifs is 1. The van der Waals surface area contributed by atoms with Crippen molar-refractivity contribution in [3.05, 3.63) is 12.0 Å². The van der Waals surface area contributed by atoms with Crippen LogP contribution in [-0.2, 0) is 7.05 Å². The Morgan fingerprint density at radius 1 is 1.16 bits per heavy atom. The Morgan fingerprint density at radius 2 is 1.84 bits per heavy atom. The Bertz CT molecular complexity index is 593. The third kappa shape index (κ3) is 2.07. The van der Waals surface area contributed by atoms with E-state index in [9.17, 15) is 0 Å². The first-order valence-corrected chi connectivity index (χ1v) is 6.95. The van der Waals surface area contributed by atoms with Gasteiger partial charge in [0.15, 0.2) is 5.82 Å². The third-order valence-corrected chi connectivity index (χ3v) is 3.94. The molecule has 0 spiro atoms. The molecule has 1 aliphatic heterocycles. The van der Waals surface area contributed by atoms with Crippen LogP contribution in [0.5, 0.6) is 0 Å². The number of rotatable bonds is 1. The van der Waals surface area contributed by atoms with Crippen LogP contribution in [0.3, 0.4) is 0 Å². The summed E-state index contributed by atoms with van der Waals surface area (Å²) in [6.45, 7) is 8.77. The lowest BCUT2D eigenvalue weighted by Crippen LogP contribution is -2.39. The van der Waals surface area contributed by atoms with Crippen LogP contribution in [0.4, 0.5) is 5.82 Å². The second-order valence-electron chi connectivity index (χ2n) is 5.95. The molecule has 0 bridgehead atoms. The van der Waals surface area contributed by atoms with Gasteiger partial charge in [0.2, 0.25) is 0 Å². The van der Waals surface area contributed by atoms with Crippen LogP contribution >= 0.6 is 0 Å². The van der Waals surface area contributed by atoms with Gasteiger partial charge in [-0.1, -0.05) is 13.8 Å². The van der Waals surface area contributed by atoms with Gasteiger partial charge in [-0.3, -0.25) is 4.68 Å². The van der Waals surface area contributed by atoms with Crippen LogP contribution < -0.4 is 4.90 Å². The molecular weight excluding hydrogens is 238 g/mol. The average molecular weight is 259 g/mol. The Balaban J connectivity index is 2.09. The van der Waals surface area contributed by atoms with Crippen LogP contribution in [0.25, 0.3) is 11.0 Å². The van der Waals surface area contributed by atoms with E-state index < -0.39 is 0 Å². The summed E-state index contributed by atoms with van der Waals surface area (Å²) in [6, 6.07) is 0. The van der Waals surface area contributed by atoms with Crippen molar-refractivity contribution in [2.75, 3.05) is 18.0 Å². The molecule has 0 aliphatic carbocycles. The molecule has 0 aromatic carbocycles. The first kappa shape index (κ1) is 12.4. The van der Waals surface area contributed by atoms with E-state index in [1.807, 2.05) is 18.7 Å². The first-order chi connectivity index (χ1) is 9.06. The van der Waals surface area contributed by atoms with Gasteiger partial charge in [0.1, 0.15) is 17.4 Å². The number of nitrogens with zero attached hydrogens (tertiary/aromatic N) is 5. The van der Waals surface area contributed by atoms with E-state index in [2.05, 4.69) is 33.8 Å². The fraction of sp³-hybridized carbons (Fsp3) is 0.643. The minimum absolute atomic E-state index is 0.711. The standard InChI is InChI=1S/C14H21N5/c1-9-5-10(2)7-19(6-9)14-13-12(15-8-16-14)11(3)17-18(13)4/h8-10H,5-7H2,1-4H3/t9-,10+. The number of aryl methyl sites for hydroxylation is 2. The lowest BCUT2D eigenvalue weighted by molar-refractivity contribution is 0.355. The Morgan fingerprint density at radius 3 is 2.53 bits per heavy atom. The zero-order chi connectivity index (χ0) is 13.6. The van der Waals surface area contributed by atoms with Crippen molar-refractivity contribution in [2.45, 2.75) is 27.2 Å². The van der Waals surface area contributed by atoms with Crippen LogP contribution in [0, 0.1) is 18.8 Å². The van der Waals surface area contributed by atoms with E-state index in [0.717, 1.165) is 35.6 Å². The van der Waals surface area contributed by atoms with Crippen molar-refractivity contribution in [1.29, 1.82) is 0 Å². The zero-order valence-corrected chi connectivity index (χ0v) is 12.1. The second-order valence-corrected chi connectivity index (χ2v) is 5.95. The highest BCUT2D eigenvalue weighted by molar-refractivity contribution is 5.87. The predicted octanol–water partition coefficient (Wildman–Crippen LogP) is 2.15. The van der Waals surface area contributed by atoms with Crippen molar-refractivity contribution in [3.8, 4) is 0 Å². The highest BCUT2D eigenvalue weighted by Crippen LogP contribution is 2.29. The Labute approximate surface area is 113 Å². The lowest BCUT2D eigenvalue weighted by atomic mass is 9.92. The summed E-state index contributed by atoms with van der Waals surface area (Å²) >= 11 is 0. The number of piperidine rings is 1. The molecule has 5 nitrogen and oxygen atoms in total. The van der Waals surface area contributed by atoms with E-state index in [0.29, 0.717) is 11.8 Å². The molecule has 1 saturated heterocycles. The molecule has 1 fully saturated rings. The van der Waals surface area contributed by atoms with E-state index in [1.54, 1.807) is 6.33 Å². The fourth-order valence-electron chi connectivity index (χ4n) is 3.32. The van der Waals surface area contributed by atoms with Crippen LogP contribution in [-0.4, -0.2) is 32.8 Å². The van der Waals surface area contributed by atoms with Gasteiger partial charge in [0, 0.05) is 20.1 Å². The second kappa shape index (κ2) is 4.47. The molecule has 1 aliphatic rings. The van der Waals surface area contributed by atoms with Gasteiger partial charge in [-0.25, -0.2) is 9.97 Å². The molecule has 0 N–H and O–H groups in total. The molecule has 2 atom stereocenters. The van der Waals surface area contributed by atoms with Gasteiger partial charge < -0.3 is 4.90 Å². The van der Waals surface area contributed by atoms with Gasteiger partial charge in [0.05, 0.1) is 5.69 Å². The molecule has 0 radical (unpaired) electrons. The summed E-state index contributed by atoms with van der Waals surface area (Å²) in [5, 5.41) is 4.47. The predicted molar refractivity (Wildman–Crippen MR) is 76.2 cm³/mol. The van der Waals surface area contributed by atoms with Crippen molar-refractivity contribution in [1.82, 2.24) is 19.7 Å². The maximum Gasteiger partial charge on any atom is 0.158 e. The molecule has 0 unspecified atom stereocenters. The van der Waals surface area contributed by atoms with Crippen LogP contribution in [0.2, 0.25) is 0 Å². The normalized spacial score (nSPS) is 24.1. The minimum Gasteiger partial charge on any atom is -0.354 e. The largest absolute Gasteiger partial charge is 0.354 e. The van der Waals surface area contributed by atoms with E-state index in [4.69, 9.17) is 0 Å². The fourth-order valence-corrected chi connectivity index (χ4v) is 3.32. The molecule has 3 rings (SSSR count). The van der Waals surface area contributed by atoms with Crippen molar-refractivity contribution < 1.29 is 0 Å². The van der Waals surface area contributed by atoms with Gasteiger partial charge in [-0.15, -0.1) is 0 Å². The quantitative estimate of drug-likeness (QED) is 0.787. The SMILES string of the molecule is Cc1nn(C)c2c(N3C[C@H](C)C[C@H](C)C3)ncnc12. The topological polar surface area (TPSA) is 46.8 Å². The van der Waals surface area contributed by atoms with Gasteiger partial charge in [-0.2, -0.15) is 5.10 Å². The molecule has 2 aromatic heterocycles. The van der Waals surface area contributed by atoms with E-state index >= 15 is 0 Å². The smallest absolute Gasteiger partial charge is 0.158 e. The van der Waals surface area contributed by atoms with E-state index in [-0.39, 0.29) is 0 Å². The van der Waals surface area contributed by atoms with Crippen molar-refractivity contribution in [2.24, 2.45) is 18.9 Å². The monoisotopic (exact) mass is 259 g/mol. The maximum absolute atomic E-state index is 4.53. The summed E-state index contributed by atoms with van der Waals surface area (Å²) in [5.74, 6) is 2.46. The summed E-state index contributed by atoms with van der Waals surface area (Å²) in [4.78, 5) is 11.3. The first-order valence-electron chi connectivity index (χ1n) is 6.95. The van der Waals surface area contributed by atoms with Gasteiger partial charge >= 0.3 is 0 Å². The Hall–Kier alpha value is -1.65. The number of anilines is 1. The molecule has 0 amide bonds. The van der Waals surface area contributed by atoms with E-state index in [1.165, 1.54) is 6.42 Å². The average Bonchev–Trinajstić information content (AvgIpc) is 2.64. The molecule has 2 aromatic rings. The third-order valence-electron chi connectivity index (χ3n) is 3.94. The minimum atomic E-state index is 0.711. The summed E-state index contributed by atoms with van der Waals surface area (Å²) in [5.41, 5.74) is 3.00. The molecule has 3 heterocycles. The van der Waals surface area contributed by atoms with Crippen molar-refractivity contribution >= 4 is 16.9 Å². The maximum atomic E-state index is 4.53. The van der Waals surface area contributed by atoms with Gasteiger partial charge in [0.25, 0.3) is 0 Å². The van der Waals surface area contributed by atoms with Crippen LogP contribution in [0.15, 0.2) is 6.33 Å². The number of hydrogen-bond donors (Lipinski definition) is 0. The number of aromatic nitrogens is 4.